The molecular formula is C14H23NO2S. The normalized spacial score (nSPS) is 12.4. The zero-order chi connectivity index (χ0) is 13.2. The van der Waals surface area contributed by atoms with Crippen LogP contribution in [-0.4, -0.2) is 36.9 Å². The number of hydrogen-bond acceptors (Lipinski definition) is 4. The van der Waals surface area contributed by atoms with Gasteiger partial charge in [-0.2, -0.15) is 11.8 Å². The van der Waals surface area contributed by atoms with Crippen molar-refractivity contribution in [2.45, 2.75) is 19.4 Å². The smallest absolute Gasteiger partial charge is 0.119 e. The van der Waals surface area contributed by atoms with Gasteiger partial charge in [-0.15, -0.1) is 0 Å². The summed E-state index contributed by atoms with van der Waals surface area (Å²) in [5.41, 5.74) is 1.25. The van der Waals surface area contributed by atoms with Crippen LogP contribution in [0, 0.1) is 0 Å². The lowest BCUT2D eigenvalue weighted by Gasteiger charge is -2.14. The molecule has 18 heavy (non-hydrogen) atoms. The highest BCUT2D eigenvalue weighted by Crippen LogP contribution is 2.18. The van der Waals surface area contributed by atoms with Crippen LogP contribution in [0.1, 0.15) is 24.9 Å². The number of aliphatic hydroxyl groups is 1. The molecule has 0 spiro atoms. The van der Waals surface area contributed by atoms with E-state index >= 15 is 0 Å². The SMILES string of the molecule is COc1cccc(C(C)NCCSCCCO)c1. The molecule has 0 saturated heterocycles. The topological polar surface area (TPSA) is 41.5 Å². The number of aliphatic hydroxyl groups excluding tert-OH is 1. The number of benzene rings is 1. The zero-order valence-electron chi connectivity index (χ0n) is 11.2. The van der Waals surface area contributed by atoms with E-state index < -0.39 is 0 Å². The van der Waals surface area contributed by atoms with Gasteiger partial charge in [0.05, 0.1) is 7.11 Å². The molecule has 0 bridgehead atoms. The van der Waals surface area contributed by atoms with Gasteiger partial charge in [-0.1, -0.05) is 12.1 Å². The molecule has 1 atom stereocenters. The molecule has 4 heteroatoms. The minimum atomic E-state index is 0.292. The van der Waals surface area contributed by atoms with Crippen molar-refractivity contribution in [3.63, 3.8) is 0 Å². The third kappa shape index (κ3) is 5.76. The number of nitrogens with one attached hydrogen (secondary N) is 1. The second-order valence-electron chi connectivity index (χ2n) is 4.14. The van der Waals surface area contributed by atoms with Gasteiger partial charge in [0, 0.05) is 24.9 Å². The summed E-state index contributed by atoms with van der Waals surface area (Å²) in [4.78, 5) is 0. The maximum Gasteiger partial charge on any atom is 0.119 e. The van der Waals surface area contributed by atoms with Crippen LogP contribution in [0.15, 0.2) is 24.3 Å². The monoisotopic (exact) mass is 269 g/mol. The van der Waals surface area contributed by atoms with Gasteiger partial charge in [0.2, 0.25) is 0 Å². The fraction of sp³-hybridized carbons (Fsp3) is 0.571. The molecule has 0 heterocycles. The van der Waals surface area contributed by atoms with Crippen LogP contribution >= 0.6 is 11.8 Å². The summed E-state index contributed by atoms with van der Waals surface area (Å²) >= 11 is 1.88. The van der Waals surface area contributed by atoms with E-state index in [2.05, 4.69) is 24.4 Å². The molecule has 0 saturated carbocycles. The number of thioether (sulfide) groups is 1. The van der Waals surface area contributed by atoms with E-state index in [4.69, 9.17) is 9.84 Å². The molecule has 0 aliphatic rings. The molecule has 0 amide bonds. The van der Waals surface area contributed by atoms with Crippen molar-refractivity contribution in [1.29, 1.82) is 0 Å². The summed E-state index contributed by atoms with van der Waals surface area (Å²) in [7, 11) is 1.69. The maximum atomic E-state index is 8.67. The van der Waals surface area contributed by atoms with Gasteiger partial charge < -0.3 is 15.2 Å². The fourth-order valence-electron chi connectivity index (χ4n) is 1.64. The number of rotatable bonds is 9. The summed E-state index contributed by atoms with van der Waals surface area (Å²) in [6.45, 7) is 3.43. The molecule has 1 aromatic rings. The molecule has 3 nitrogen and oxygen atoms in total. The van der Waals surface area contributed by atoms with Gasteiger partial charge >= 0.3 is 0 Å². The Morgan fingerprint density at radius 1 is 1.39 bits per heavy atom. The molecule has 1 rings (SSSR count). The Kier molecular flexibility index (Phi) is 7.89. The molecular weight excluding hydrogens is 246 g/mol. The van der Waals surface area contributed by atoms with Crippen molar-refractivity contribution in [1.82, 2.24) is 5.32 Å². The second-order valence-corrected chi connectivity index (χ2v) is 5.37. The van der Waals surface area contributed by atoms with Gasteiger partial charge in [0.15, 0.2) is 0 Å². The molecule has 0 aromatic heterocycles. The summed E-state index contributed by atoms with van der Waals surface area (Å²) in [5.74, 6) is 3.01. The lowest BCUT2D eigenvalue weighted by molar-refractivity contribution is 0.296. The van der Waals surface area contributed by atoms with E-state index in [-0.39, 0.29) is 0 Å². The highest BCUT2D eigenvalue weighted by molar-refractivity contribution is 7.99. The first-order valence-electron chi connectivity index (χ1n) is 6.34. The fourth-order valence-corrected chi connectivity index (χ4v) is 2.44. The maximum absolute atomic E-state index is 8.67. The molecule has 2 N–H and O–H groups in total. The standard InChI is InChI=1S/C14H23NO2S/c1-12(15-7-10-18-9-4-8-16)13-5-3-6-14(11-13)17-2/h3,5-6,11-12,15-16H,4,7-10H2,1-2H3. The highest BCUT2D eigenvalue weighted by atomic mass is 32.2. The van der Waals surface area contributed by atoms with Crippen molar-refractivity contribution >= 4 is 11.8 Å². The average molecular weight is 269 g/mol. The van der Waals surface area contributed by atoms with E-state index in [9.17, 15) is 0 Å². The minimum absolute atomic E-state index is 0.292. The van der Waals surface area contributed by atoms with Gasteiger partial charge in [-0.3, -0.25) is 0 Å². The van der Waals surface area contributed by atoms with Crippen LogP contribution in [0.5, 0.6) is 5.75 Å². The van der Waals surface area contributed by atoms with Crippen molar-refractivity contribution in [2.75, 3.05) is 31.8 Å². The average Bonchev–Trinajstić information content (AvgIpc) is 2.42. The second kappa shape index (κ2) is 9.25. The lowest BCUT2D eigenvalue weighted by atomic mass is 10.1. The summed E-state index contributed by atoms with van der Waals surface area (Å²) in [6.07, 6.45) is 0.885. The van der Waals surface area contributed by atoms with Crippen molar-refractivity contribution in [3.8, 4) is 5.75 Å². The Bertz CT molecular complexity index is 333. The van der Waals surface area contributed by atoms with Crippen molar-refractivity contribution in [3.05, 3.63) is 29.8 Å². The van der Waals surface area contributed by atoms with E-state index in [1.165, 1.54) is 5.56 Å². The summed E-state index contributed by atoms with van der Waals surface area (Å²) in [6, 6.07) is 8.48. The summed E-state index contributed by atoms with van der Waals surface area (Å²) in [5, 5.41) is 12.2. The first-order chi connectivity index (χ1) is 8.77. The number of methoxy groups -OCH3 is 1. The van der Waals surface area contributed by atoms with Crippen LogP contribution in [0.2, 0.25) is 0 Å². The van der Waals surface area contributed by atoms with Crippen LogP contribution in [0.3, 0.4) is 0 Å². The van der Waals surface area contributed by atoms with Crippen LogP contribution < -0.4 is 10.1 Å². The van der Waals surface area contributed by atoms with Crippen LogP contribution in [-0.2, 0) is 0 Å². The van der Waals surface area contributed by atoms with E-state index in [1.807, 2.05) is 23.9 Å². The van der Waals surface area contributed by atoms with E-state index in [1.54, 1.807) is 7.11 Å². The van der Waals surface area contributed by atoms with Crippen molar-refractivity contribution < 1.29 is 9.84 Å². The van der Waals surface area contributed by atoms with Gasteiger partial charge in [-0.25, -0.2) is 0 Å². The first kappa shape index (κ1) is 15.3. The Morgan fingerprint density at radius 3 is 2.94 bits per heavy atom. The van der Waals surface area contributed by atoms with Crippen LogP contribution in [0.25, 0.3) is 0 Å². The Labute approximate surface area is 114 Å². The quantitative estimate of drug-likeness (QED) is 0.676. The number of ether oxygens (including phenoxy) is 1. The van der Waals surface area contributed by atoms with E-state index in [0.29, 0.717) is 12.6 Å². The van der Waals surface area contributed by atoms with Gasteiger partial charge in [-0.05, 0) is 36.8 Å². The molecule has 1 unspecified atom stereocenters. The Morgan fingerprint density at radius 2 is 2.22 bits per heavy atom. The first-order valence-corrected chi connectivity index (χ1v) is 7.49. The molecule has 0 fully saturated rings. The minimum Gasteiger partial charge on any atom is -0.497 e. The third-order valence-electron chi connectivity index (χ3n) is 2.74. The molecule has 0 aliphatic heterocycles. The zero-order valence-corrected chi connectivity index (χ0v) is 12.0. The van der Waals surface area contributed by atoms with E-state index in [0.717, 1.165) is 30.2 Å². The lowest BCUT2D eigenvalue weighted by Crippen LogP contribution is -2.21. The molecule has 0 aliphatic carbocycles. The molecule has 102 valence electrons. The summed E-state index contributed by atoms with van der Waals surface area (Å²) < 4.78 is 5.22. The van der Waals surface area contributed by atoms with Crippen molar-refractivity contribution in [2.24, 2.45) is 0 Å². The van der Waals surface area contributed by atoms with Gasteiger partial charge in [0.1, 0.15) is 5.75 Å². The molecule has 0 radical (unpaired) electrons. The third-order valence-corrected chi connectivity index (χ3v) is 3.81. The predicted octanol–water partition coefficient (Wildman–Crippen LogP) is 2.46. The van der Waals surface area contributed by atoms with Crippen LogP contribution in [0.4, 0.5) is 0 Å². The molecule has 1 aromatic carbocycles. The van der Waals surface area contributed by atoms with Gasteiger partial charge in [0.25, 0.3) is 0 Å². The Balaban J connectivity index is 2.25. The largest absolute Gasteiger partial charge is 0.497 e. The predicted molar refractivity (Wildman–Crippen MR) is 78.4 cm³/mol. The highest BCUT2D eigenvalue weighted by Gasteiger charge is 2.05. The Hall–Kier alpha value is -0.710. The number of hydrogen-bond donors (Lipinski definition) is 2.